The van der Waals surface area contributed by atoms with Crippen molar-refractivity contribution in [2.24, 2.45) is 5.92 Å². The van der Waals surface area contributed by atoms with E-state index in [0.717, 1.165) is 36.3 Å². The molecule has 1 fully saturated rings. The molecule has 2 N–H and O–H groups in total. The molecule has 0 spiro atoms. The molecule has 2 amide bonds. The first kappa shape index (κ1) is 19.7. The molecule has 0 radical (unpaired) electrons. The maximum absolute atomic E-state index is 12.3. The van der Waals surface area contributed by atoms with Gasteiger partial charge in [0.05, 0.1) is 10.8 Å². The number of halogens is 1. The number of hydrogen-bond acceptors (Lipinski definition) is 4. The van der Waals surface area contributed by atoms with E-state index < -0.39 is 0 Å². The molecule has 0 aliphatic heterocycles. The Morgan fingerprint density at radius 3 is 2.44 bits per heavy atom. The number of amides is 2. The predicted molar refractivity (Wildman–Crippen MR) is 110 cm³/mol. The maximum atomic E-state index is 12.3. The highest BCUT2D eigenvalue weighted by molar-refractivity contribution is 8.00. The summed E-state index contributed by atoms with van der Waals surface area (Å²) in [6.45, 7) is 0. The van der Waals surface area contributed by atoms with E-state index in [0.29, 0.717) is 10.8 Å². The average Bonchev–Trinajstić information content (AvgIpc) is 2.70. The van der Waals surface area contributed by atoms with Gasteiger partial charge in [0.15, 0.2) is 0 Å². The molecular formula is C20H22ClN3O2S. The van der Waals surface area contributed by atoms with Crippen LogP contribution in [0, 0.1) is 5.92 Å². The first-order valence-electron chi connectivity index (χ1n) is 9.05. The lowest BCUT2D eigenvalue weighted by molar-refractivity contribution is -0.120. The summed E-state index contributed by atoms with van der Waals surface area (Å²) in [4.78, 5) is 29.3. The van der Waals surface area contributed by atoms with E-state index in [2.05, 4.69) is 15.6 Å². The Kier molecular flexibility index (Phi) is 7.12. The fraction of sp³-hybridized carbons (Fsp3) is 0.350. The molecule has 0 bridgehead atoms. The normalized spacial score (nSPS) is 14.6. The van der Waals surface area contributed by atoms with E-state index >= 15 is 0 Å². The second-order valence-electron chi connectivity index (χ2n) is 6.55. The van der Waals surface area contributed by atoms with Crippen molar-refractivity contribution in [3.05, 3.63) is 47.6 Å². The summed E-state index contributed by atoms with van der Waals surface area (Å²) in [5.41, 5.74) is 0.796. The Balaban J connectivity index is 1.45. The Bertz CT molecular complexity index is 775. The van der Waals surface area contributed by atoms with Crippen LogP contribution in [0.15, 0.2) is 47.5 Å². The standard InChI is InChI=1S/C20H22ClN3O2S/c21-15-6-11-18(22-12-15)24-19(25)13-27-17-9-7-16(8-10-17)23-20(26)14-4-2-1-3-5-14/h6-12,14H,1-5,13H2,(H,23,26)(H,22,24,25). The Morgan fingerprint density at radius 2 is 1.78 bits per heavy atom. The number of thioether (sulfide) groups is 1. The SMILES string of the molecule is O=C(CSc1ccc(NC(=O)C2CCCCC2)cc1)Nc1ccc(Cl)cn1. The molecule has 142 valence electrons. The van der Waals surface area contributed by atoms with Gasteiger partial charge in [0.2, 0.25) is 11.8 Å². The summed E-state index contributed by atoms with van der Waals surface area (Å²) in [5, 5.41) is 6.25. The fourth-order valence-electron chi connectivity index (χ4n) is 3.02. The van der Waals surface area contributed by atoms with Gasteiger partial charge in [0.1, 0.15) is 5.82 Å². The van der Waals surface area contributed by atoms with Gasteiger partial charge in [-0.1, -0.05) is 30.9 Å². The lowest BCUT2D eigenvalue weighted by Crippen LogP contribution is -2.24. The van der Waals surface area contributed by atoms with Gasteiger partial charge in [-0.05, 0) is 49.2 Å². The molecule has 1 aliphatic rings. The number of aromatic nitrogens is 1. The molecule has 1 saturated carbocycles. The van der Waals surface area contributed by atoms with E-state index in [4.69, 9.17) is 11.6 Å². The molecule has 7 heteroatoms. The number of nitrogens with zero attached hydrogens (tertiary/aromatic N) is 1. The van der Waals surface area contributed by atoms with E-state index in [1.165, 1.54) is 24.4 Å². The minimum atomic E-state index is -0.135. The molecule has 1 aliphatic carbocycles. The van der Waals surface area contributed by atoms with Gasteiger partial charge in [-0.2, -0.15) is 0 Å². The lowest BCUT2D eigenvalue weighted by Gasteiger charge is -2.20. The average molecular weight is 404 g/mol. The van der Waals surface area contributed by atoms with Crippen LogP contribution in [0.1, 0.15) is 32.1 Å². The minimum Gasteiger partial charge on any atom is -0.326 e. The minimum absolute atomic E-state index is 0.116. The summed E-state index contributed by atoms with van der Waals surface area (Å²) >= 11 is 7.20. The maximum Gasteiger partial charge on any atom is 0.235 e. The quantitative estimate of drug-likeness (QED) is 0.667. The Labute approximate surface area is 168 Å². The largest absolute Gasteiger partial charge is 0.326 e. The van der Waals surface area contributed by atoms with Crippen LogP contribution in [0.25, 0.3) is 0 Å². The van der Waals surface area contributed by atoms with Crippen molar-refractivity contribution >= 4 is 46.7 Å². The number of nitrogens with one attached hydrogen (secondary N) is 2. The van der Waals surface area contributed by atoms with Crippen molar-refractivity contribution in [3.63, 3.8) is 0 Å². The summed E-state index contributed by atoms with van der Waals surface area (Å²) in [5.74, 6) is 0.871. The molecule has 1 aromatic heterocycles. The molecule has 2 aromatic rings. The number of pyridine rings is 1. The van der Waals surface area contributed by atoms with Crippen LogP contribution in [0.3, 0.4) is 0 Å². The first-order valence-corrected chi connectivity index (χ1v) is 10.4. The molecule has 5 nitrogen and oxygen atoms in total. The topological polar surface area (TPSA) is 71.1 Å². The molecule has 1 heterocycles. The monoisotopic (exact) mass is 403 g/mol. The third-order valence-electron chi connectivity index (χ3n) is 4.46. The van der Waals surface area contributed by atoms with E-state index in [1.807, 2.05) is 24.3 Å². The fourth-order valence-corrected chi connectivity index (χ4v) is 3.83. The van der Waals surface area contributed by atoms with Crippen LogP contribution in [0.5, 0.6) is 0 Å². The third-order valence-corrected chi connectivity index (χ3v) is 5.70. The van der Waals surface area contributed by atoms with Gasteiger partial charge < -0.3 is 10.6 Å². The van der Waals surface area contributed by atoms with Crippen LogP contribution in [-0.4, -0.2) is 22.6 Å². The molecule has 0 unspecified atom stereocenters. The van der Waals surface area contributed by atoms with Crippen LogP contribution < -0.4 is 10.6 Å². The number of rotatable bonds is 6. The van der Waals surface area contributed by atoms with Gasteiger partial charge in [0, 0.05) is 22.7 Å². The van der Waals surface area contributed by atoms with Crippen molar-refractivity contribution in [3.8, 4) is 0 Å². The van der Waals surface area contributed by atoms with E-state index in [9.17, 15) is 9.59 Å². The number of carbonyl (C=O) groups excluding carboxylic acids is 2. The zero-order chi connectivity index (χ0) is 19.1. The molecule has 3 rings (SSSR count). The molecule has 0 saturated heterocycles. The van der Waals surface area contributed by atoms with E-state index in [-0.39, 0.29) is 23.5 Å². The Hall–Kier alpha value is -2.05. The molecule has 0 atom stereocenters. The summed E-state index contributed by atoms with van der Waals surface area (Å²) in [6, 6.07) is 10.9. The van der Waals surface area contributed by atoms with Crippen LogP contribution in [0.4, 0.5) is 11.5 Å². The second-order valence-corrected chi connectivity index (χ2v) is 8.03. The smallest absolute Gasteiger partial charge is 0.235 e. The highest BCUT2D eigenvalue weighted by Gasteiger charge is 2.20. The van der Waals surface area contributed by atoms with Gasteiger partial charge >= 0.3 is 0 Å². The zero-order valence-electron chi connectivity index (χ0n) is 14.9. The van der Waals surface area contributed by atoms with Gasteiger partial charge in [-0.15, -0.1) is 11.8 Å². The number of carbonyl (C=O) groups is 2. The lowest BCUT2D eigenvalue weighted by atomic mass is 9.88. The van der Waals surface area contributed by atoms with Crippen LogP contribution in [-0.2, 0) is 9.59 Å². The van der Waals surface area contributed by atoms with E-state index in [1.54, 1.807) is 12.1 Å². The molecular weight excluding hydrogens is 382 g/mol. The highest BCUT2D eigenvalue weighted by atomic mass is 35.5. The first-order chi connectivity index (χ1) is 13.1. The van der Waals surface area contributed by atoms with Crippen molar-refractivity contribution in [2.45, 2.75) is 37.0 Å². The second kappa shape index (κ2) is 9.76. The predicted octanol–water partition coefficient (Wildman–Crippen LogP) is 4.98. The number of benzene rings is 1. The van der Waals surface area contributed by atoms with Gasteiger partial charge in [0.25, 0.3) is 0 Å². The Morgan fingerprint density at radius 1 is 1.04 bits per heavy atom. The third kappa shape index (κ3) is 6.26. The van der Waals surface area contributed by atoms with Crippen molar-refractivity contribution in [2.75, 3.05) is 16.4 Å². The summed E-state index contributed by atoms with van der Waals surface area (Å²) in [7, 11) is 0. The summed E-state index contributed by atoms with van der Waals surface area (Å²) in [6.07, 6.45) is 6.97. The van der Waals surface area contributed by atoms with Crippen molar-refractivity contribution in [1.82, 2.24) is 4.98 Å². The summed E-state index contributed by atoms with van der Waals surface area (Å²) < 4.78 is 0. The van der Waals surface area contributed by atoms with Crippen molar-refractivity contribution in [1.29, 1.82) is 0 Å². The van der Waals surface area contributed by atoms with Crippen LogP contribution in [0.2, 0.25) is 5.02 Å². The number of anilines is 2. The highest BCUT2D eigenvalue weighted by Crippen LogP contribution is 2.26. The molecule has 27 heavy (non-hydrogen) atoms. The number of hydrogen-bond donors (Lipinski definition) is 2. The zero-order valence-corrected chi connectivity index (χ0v) is 16.5. The van der Waals surface area contributed by atoms with Gasteiger partial charge in [-0.3, -0.25) is 9.59 Å². The van der Waals surface area contributed by atoms with Crippen LogP contribution >= 0.6 is 23.4 Å². The van der Waals surface area contributed by atoms with Crippen molar-refractivity contribution < 1.29 is 9.59 Å². The molecule has 1 aromatic carbocycles. The van der Waals surface area contributed by atoms with Gasteiger partial charge in [-0.25, -0.2) is 4.98 Å².